The third-order valence-corrected chi connectivity index (χ3v) is 5.60. The van der Waals surface area contributed by atoms with E-state index in [2.05, 4.69) is 25.2 Å². The summed E-state index contributed by atoms with van der Waals surface area (Å²) in [6, 6.07) is 15.2. The zero-order valence-corrected chi connectivity index (χ0v) is 17.6. The van der Waals surface area contributed by atoms with Crippen molar-refractivity contribution in [2.24, 2.45) is 5.92 Å². The predicted octanol–water partition coefficient (Wildman–Crippen LogP) is 3.56. The average molecular weight is 428 g/mol. The van der Waals surface area contributed by atoms with E-state index >= 15 is 0 Å². The predicted molar refractivity (Wildman–Crippen MR) is 122 cm³/mol. The first-order valence-electron chi connectivity index (χ1n) is 10.7. The first kappa shape index (κ1) is 20.0. The van der Waals surface area contributed by atoms with Gasteiger partial charge in [0.05, 0.1) is 5.69 Å². The number of pyridine rings is 1. The number of anilines is 2. The molecule has 0 atom stereocenters. The molecule has 1 amide bonds. The zero-order chi connectivity index (χ0) is 21.8. The van der Waals surface area contributed by atoms with Gasteiger partial charge in [-0.15, -0.1) is 0 Å². The van der Waals surface area contributed by atoms with Crippen LogP contribution in [0.25, 0.3) is 5.65 Å². The van der Waals surface area contributed by atoms with Crippen molar-refractivity contribution in [2.75, 3.05) is 23.3 Å². The molecule has 0 aliphatic carbocycles. The van der Waals surface area contributed by atoms with Crippen LogP contribution in [0.4, 0.5) is 11.6 Å². The van der Waals surface area contributed by atoms with Gasteiger partial charge < -0.3 is 19.4 Å². The Labute approximate surface area is 185 Å². The molecule has 0 saturated carbocycles. The first-order valence-corrected chi connectivity index (χ1v) is 10.7. The van der Waals surface area contributed by atoms with Gasteiger partial charge in [0.2, 0.25) is 11.9 Å². The smallest absolute Gasteiger partial charge is 0.227 e. The van der Waals surface area contributed by atoms with Crippen molar-refractivity contribution in [1.82, 2.24) is 19.4 Å². The Balaban J connectivity index is 1.15. The van der Waals surface area contributed by atoms with Crippen molar-refractivity contribution >= 4 is 23.2 Å². The van der Waals surface area contributed by atoms with Crippen molar-refractivity contribution in [2.45, 2.75) is 19.4 Å². The normalized spacial score (nSPS) is 14.4. The molecule has 162 valence electrons. The van der Waals surface area contributed by atoms with Gasteiger partial charge in [-0.1, -0.05) is 12.1 Å². The number of piperidine rings is 1. The largest absolute Gasteiger partial charge is 0.487 e. The van der Waals surface area contributed by atoms with Crippen LogP contribution in [-0.4, -0.2) is 38.3 Å². The number of aromatic nitrogens is 4. The zero-order valence-electron chi connectivity index (χ0n) is 17.6. The second kappa shape index (κ2) is 9.05. The lowest BCUT2D eigenvalue weighted by molar-refractivity contribution is -0.120. The molecule has 0 unspecified atom stereocenters. The Morgan fingerprint density at radius 3 is 2.72 bits per heavy atom. The van der Waals surface area contributed by atoms with Crippen LogP contribution < -0.4 is 15.0 Å². The van der Waals surface area contributed by atoms with E-state index in [1.165, 1.54) is 0 Å². The SMILES string of the molecule is O=C(Nc1cccc(OCc2cn3ccccc3n2)c1)C1CCN(c2ncccn2)CC1. The summed E-state index contributed by atoms with van der Waals surface area (Å²) < 4.78 is 7.87. The summed E-state index contributed by atoms with van der Waals surface area (Å²) in [5.41, 5.74) is 2.47. The standard InChI is InChI=1S/C24H24N6O2/c31-23(18-8-13-29(14-9-18)24-25-10-4-11-26-24)28-19-5-3-6-21(15-19)32-17-20-16-30-12-2-1-7-22(30)27-20/h1-7,10-12,15-16,18H,8-9,13-14,17H2,(H,28,31). The highest BCUT2D eigenvalue weighted by Crippen LogP contribution is 2.24. The Morgan fingerprint density at radius 2 is 1.91 bits per heavy atom. The molecule has 1 aliphatic heterocycles. The Bertz CT molecular complexity index is 1170. The van der Waals surface area contributed by atoms with E-state index in [1.807, 2.05) is 59.3 Å². The van der Waals surface area contributed by atoms with Crippen LogP contribution in [0.1, 0.15) is 18.5 Å². The fourth-order valence-corrected chi connectivity index (χ4v) is 3.92. The molecule has 8 heteroatoms. The Kier molecular flexibility index (Phi) is 5.65. The van der Waals surface area contributed by atoms with Gasteiger partial charge in [0.25, 0.3) is 0 Å². The molecule has 0 radical (unpaired) electrons. The number of hydrogen-bond acceptors (Lipinski definition) is 6. The minimum Gasteiger partial charge on any atom is -0.487 e. The van der Waals surface area contributed by atoms with Crippen molar-refractivity contribution in [1.29, 1.82) is 0 Å². The van der Waals surface area contributed by atoms with Gasteiger partial charge in [-0.3, -0.25) is 4.79 Å². The maximum absolute atomic E-state index is 12.8. The molecule has 32 heavy (non-hydrogen) atoms. The number of carbonyl (C=O) groups excluding carboxylic acids is 1. The minimum atomic E-state index is -0.0301. The molecule has 1 aliphatic rings. The highest BCUT2D eigenvalue weighted by molar-refractivity contribution is 5.92. The van der Waals surface area contributed by atoms with Crippen LogP contribution in [0.3, 0.4) is 0 Å². The second-order valence-corrected chi connectivity index (χ2v) is 7.81. The molecule has 0 bridgehead atoms. The van der Waals surface area contributed by atoms with E-state index in [4.69, 9.17) is 4.74 Å². The van der Waals surface area contributed by atoms with Gasteiger partial charge >= 0.3 is 0 Å². The van der Waals surface area contributed by atoms with Crippen LogP contribution in [-0.2, 0) is 11.4 Å². The molecule has 5 rings (SSSR count). The first-order chi connectivity index (χ1) is 15.7. The molecular formula is C24H24N6O2. The van der Waals surface area contributed by atoms with E-state index in [-0.39, 0.29) is 11.8 Å². The molecule has 3 aromatic heterocycles. The number of imidazole rings is 1. The van der Waals surface area contributed by atoms with Crippen LogP contribution in [0, 0.1) is 5.92 Å². The minimum absolute atomic E-state index is 0.0301. The second-order valence-electron chi connectivity index (χ2n) is 7.81. The van der Waals surface area contributed by atoms with Gasteiger partial charge in [-0.05, 0) is 43.2 Å². The summed E-state index contributed by atoms with van der Waals surface area (Å²) in [5, 5.41) is 3.04. The summed E-state index contributed by atoms with van der Waals surface area (Å²) in [4.78, 5) is 28.0. The molecular weight excluding hydrogens is 404 g/mol. The highest BCUT2D eigenvalue weighted by Gasteiger charge is 2.26. The third kappa shape index (κ3) is 4.54. The number of carbonyl (C=O) groups is 1. The van der Waals surface area contributed by atoms with Crippen molar-refractivity contribution in [3.05, 3.63) is 79.0 Å². The number of nitrogens with one attached hydrogen (secondary N) is 1. The number of nitrogens with zero attached hydrogens (tertiary/aromatic N) is 5. The van der Waals surface area contributed by atoms with Gasteiger partial charge in [-0.2, -0.15) is 0 Å². The lowest BCUT2D eigenvalue weighted by atomic mass is 9.96. The number of fused-ring (bicyclic) bond motifs is 1. The molecule has 4 aromatic rings. The Morgan fingerprint density at radius 1 is 1.06 bits per heavy atom. The van der Waals surface area contributed by atoms with Crippen LogP contribution >= 0.6 is 0 Å². The van der Waals surface area contributed by atoms with E-state index in [1.54, 1.807) is 18.5 Å². The van der Waals surface area contributed by atoms with Gasteiger partial charge in [0.15, 0.2) is 0 Å². The lowest BCUT2D eigenvalue weighted by Crippen LogP contribution is -2.39. The van der Waals surface area contributed by atoms with Crippen molar-refractivity contribution in [3.8, 4) is 5.75 Å². The molecule has 1 fully saturated rings. The van der Waals surface area contributed by atoms with Gasteiger partial charge in [0.1, 0.15) is 18.0 Å². The molecule has 8 nitrogen and oxygen atoms in total. The van der Waals surface area contributed by atoms with Gasteiger partial charge in [0, 0.05) is 55.5 Å². The summed E-state index contributed by atoms with van der Waals surface area (Å²) >= 11 is 0. The molecule has 1 saturated heterocycles. The molecule has 4 heterocycles. The molecule has 1 N–H and O–H groups in total. The van der Waals surface area contributed by atoms with E-state index in [9.17, 15) is 4.79 Å². The number of ether oxygens (including phenoxy) is 1. The average Bonchev–Trinajstić information content (AvgIpc) is 3.27. The van der Waals surface area contributed by atoms with Crippen molar-refractivity contribution in [3.63, 3.8) is 0 Å². The lowest BCUT2D eigenvalue weighted by Gasteiger charge is -2.31. The number of hydrogen-bond donors (Lipinski definition) is 1. The topological polar surface area (TPSA) is 84.6 Å². The summed E-state index contributed by atoms with van der Waals surface area (Å²) in [5.74, 6) is 1.42. The number of rotatable bonds is 6. The number of benzene rings is 1. The van der Waals surface area contributed by atoms with Crippen LogP contribution in [0.2, 0.25) is 0 Å². The van der Waals surface area contributed by atoms with E-state index < -0.39 is 0 Å². The number of amides is 1. The highest BCUT2D eigenvalue weighted by atomic mass is 16.5. The van der Waals surface area contributed by atoms with E-state index in [0.717, 1.165) is 48.9 Å². The van der Waals surface area contributed by atoms with Crippen molar-refractivity contribution < 1.29 is 9.53 Å². The fourth-order valence-electron chi connectivity index (χ4n) is 3.92. The third-order valence-electron chi connectivity index (χ3n) is 5.60. The molecule has 0 spiro atoms. The maximum Gasteiger partial charge on any atom is 0.227 e. The molecule has 1 aromatic carbocycles. The van der Waals surface area contributed by atoms with Gasteiger partial charge in [-0.25, -0.2) is 15.0 Å². The summed E-state index contributed by atoms with van der Waals surface area (Å²) in [6.07, 6.45) is 8.94. The van der Waals surface area contributed by atoms with Crippen LogP contribution in [0.5, 0.6) is 5.75 Å². The van der Waals surface area contributed by atoms with E-state index in [0.29, 0.717) is 12.4 Å². The maximum atomic E-state index is 12.8. The van der Waals surface area contributed by atoms with Crippen LogP contribution in [0.15, 0.2) is 73.3 Å². The fraction of sp³-hybridized carbons (Fsp3) is 0.250. The summed E-state index contributed by atoms with van der Waals surface area (Å²) in [6.45, 7) is 1.90. The Hall–Kier alpha value is -3.94. The summed E-state index contributed by atoms with van der Waals surface area (Å²) in [7, 11) is 0. The monoisotopic (exact) mass is 428 g/mol. The quantitative estimate of drug-likeness (QED) is 0.506.